The van der Waals surface area contributed by atoms with Gasteiger partial charge in [-0.2, -0.15) is 0 Å². The number of aliphatic hydroxyl groups excluding tert-OH is 1. The molecule has 1 aliphatic carbocycles. The zero-order valence-corrected chi connectivity index (χ0v) is 12.1. The fourth-order valence-electron chi connectivity index (χ4n) is 2.90. The highest BCUT2D eigenvalue weighted by atomic mass is 19.1. The molecule has 0 amide bonds. The average Bonchev–Trinajstić information content (AvgIpc) is 2.89. The van der Waals surface area contributed by atoms with Gasteiger partial charge < -0.3 is 15.2 Å². The van der Waals surface area contributed by atoms with Crippen LogP contribution in [0.25, 0.3) is 0 Å². The third kappa shape index (κ3) is 4.76. The van der Waals surface area contributed by atoms with Gasteiger partial charge in [0.2, 0.25) is 0 Å². The molecule has 1 saturated carbocycles. The summed E-state index contributed by atoms with van der Waals surface area (Å²) < 4.78 is 19.0. The Balaban J connectivity index is 1.82. The summed E-state index contributed by atoms with van der Waals surface area (Å²) in [6.07, 6.45) is 5.30. The van der Waals surface area contributed by atoms with Crippen molar-refractivity contribution < 1.29 is 14.2 Å². The molecular formula is C16H24FNO2. The van der Waals surface area contributed by atoms with E-state index in [1.54, 1.807) is 0 Å². The number of benzene rings is 1. The number of rotatable bonds is 7. The first kappa shape index (κ1) is 15.3. The zero-order valence-electron chi connectivity index (χ0n) is 12.1. The van der Waals surface area contributed by atoms with Crippen molar-refractivity contribution in [3.8, 4) is 5.75 Å². The Morgan fingerprint density at radius 3 is 2.80 bits per heavy atom. The molecule has 20 heavy (non-hydrogen) atoms. The van der Waals surface area contributed by atoms with E-state index in [9.17, 15) is 9.50 Å². The molecule has 1 fully saturated rings. The summed E-state index contributed by atoms with van der Waals surface area (Å²) in [6.45, 7) is 0.831. The van der Waals surface area contributed by atoms with E-state index in [0.29, 0.717) is 18.2 Å². The topological polar surface area (TPSA) is 41.5 Å². The Morgan fingerprint density at radius 2 is 2.10 bits per heavy atom. The lowest BCUT2D eigenvalue weighted by Crippen LogP contribution is -2.20. The first-order valence-electron chi connectivity index (χ1n) is 7.42. The molecule has 0 heterocycles. The second kappa shape index (κ2) is 7.60. The third-order valence-corrected chi connectivity index (χ3v) is 3.83. The van der Waals surface area contributed by atoms with Gasteiger partial charge >= 0.3 is 0 Å². The van der Waals surface area contributed by atoms with Gasteiger partial charge in [0.25, 0.3) is 0 Å². The van der Waals surface area contributed by atoms with Crippen molar-refractivity contribution in [2.75, 3.05) is 13.7 Å². The molecule has 112 valence electrons. The van der Waals surface area contributed by atoms with Gasteiger partial charge in [-0.05, 0) is 37.1 Å². The maximum absolute atomic E-state index is 13.4. The molecule has 1 atom stereocenters. The van der Waals surface area contributed by atoms with Crippen molar-refractivity contribution >= 4 is 0 Å². The van der Waals surface area contributed by atoms with Gasteiger partial charge in [-0.25, -0.2) is 4.39 Å². The van der Waals surface area contributed by atoms with Gasteiger partial charge in [0.15, 0.2) is 0 Å². The molecule has 3 nitrogen and oxygen atoms in total. The van der Waals surface area contributed by atoms with Crippen LogP contribution in [0.1, 0.15) is 37.7 Å². The summed E-state index contributed by atoms with van der Waals surface area (Å²) in [4.78, 5) is 0. The molecule has 1 aliphatic rings. The second-order valence-corrected chi connectivity index (χ2v) is 5.68. The maximum atomic E-state index is 13.4. The van der Waals surface area contributed by atoms with E-state index < -0.39 is 6.10 Å². The minimum Gasteiger partial charge on any atom is -0.491 e. The van der Waals surface area contributed by atoms with Gasteiger partial charge in [-0.15, -0.1) is 0 Å². The van der Waals surface area contributed by atoms with Crippen LogP contribution < -0.4 is 10.1 Å². The summed E-state index contributed by atoms with van der Waals surface area (Å²) in [5, 5.41) is 13.0. The van der Waals surface area contributed by atoms with Gasteiger partial charge in [0.1, 0.15) is 18.2 Å². The SMILES string of the molecule is CNCc1cc(F)cc(OCC(O)CC2CCCC2)c1. The van der Waals surface area contributed by atoms with Crippen LogP contribution in [-0.4, -0.2) is 24.9 Å². The van der Waals surface area contributed by atoms with Crippen LogP contribution in [0.2, 0.25) is 0 Å². The standard InChI is InChI=1S/C16H24FNO2/c1-18-10-13-6-14(17)9-16(8-13)20-11-15(19)7-12-4-2-3-5-12/h6,8-9,12,15,18-19H,2-5,7,10-11H2,1H3. The van der Waals surface area contributed by atoms with E-state index in [1.165, 1.54) is 37.8 Å². The van der Waals surface area contributed by atoms with Crippen molar-refractivity contribution in [3.05, 3.63) is 29.6 Å². The fraction of sp³-hybridized carbons (Fsp3) is 0.625. The number of halogens is 1. The van der Waals surface area contributed by atoms with Crippen molar-refractivity contribution in [1.29, 1.82) is 0 Å². The highest BCUT2D eigenvalue weighted by Crippen LogP contribution is 2.28. The lowest BCUT2D eigenvalue weighted by Gasteiger charge is -2.16. The number of nitrogens with one attached hydrogen (secondary N) is 1. The van der Waals surface area contributed by atoms with E-state index in [1.807, 2.05) is 13.1 Å². The lowest BCUT2D eigenvalue weighted by molar-refractivity contribution is 0.0853. The zero-order chi connectivity index (χ0) is 14.4. The van der Waals surface area contributed by atoms with E-state index in [-0.39, 0.29) is 12.4 Å². The van der Waals surface area contributed by atoms with Crippen LogP contribution in [0, 0.1) is 11.7 Å². The van der Waals surface area contributed by atoms with Crippen molar-refractivity contribution in [1.82, 2.24) is 5.32 Å². The Bertz CT molecular complexity index is 419. The summed E-state index contributed by atoms with van der Waals surface area (Å²) in [6, 6.07) is 4.65. The van der Waals surface area contributed by atoms with Crippen LogP contribution in [0.15, 0.2) is 18.2 Å². The van der Waals surface area contributed by atoms with Crippen LogP contribution >= 0.6 is 0 Å². The molecule has 1 aromatic rings. The summed E-state index contributed by atoms with van der Waals surface area (Å²) in [7, 11) is 1.82. The summed E-state index contributed by atoms with van der Waals surface area (Å²) in [5.41, 5.74) is 0.841. The first-order chi connectivity index (χ1) is 9.67. The number of aliphatic hydroxyl groups is 1. The smallest absolute Gasteiger partial charge is 0.127 e. The average molecular weight is 281 g/mol. The van der Waals surface area contributed by atoms with Crippen LogP contribution in [0.3, 0.4) is 0 Å². The summed E-state index contributed by atoms with van der Waals surface area (Å²) in [5.74, 6) is 0.805. The summed E-state index contributed by atoms with van der Waals surface area (Å²) >= 11 is 0. The Labute approximate surface area is 120 Å². The minimum atomic E-state index is -0.464. The third-order valence-electron chi connectivity index (χ3n) is 3.83. The Hall–Kier alpha value is -1.13. The monoisotopic (exact) mass is 281 g/mol. The number of hydrogen-bond donors (Lipinski definition) is 2. The number of hydrogen-bond acceptors (Lipinski definition) is 3. The largest absolute Gasteiger partial charge is 0.491 e. The molecule has 0 saturated heterocycles. The molecule has 4 heteroatoms. The molecule has 0 spiro atoms. The lowest BCUT2D eigenvalue weighted by atomic mass is 10.0. The van der Waals surface area contributed by atoms with Gasteiger partial charge in [0.05, 0.1) is 6.10 Å². The van der Waals surface area contributed by atoms with Crippen molar-refractivity contribution in [2.45, 2.75) is 44.8 Å². The quantitative estimate of drug-likeness (QED) is 0.807. The maximum Gasteiger partial charge on any atom is 0.127 e. The molecule has 0 aliphatic heterocycles. The van der Waals surface area contributed by atoms with Gasteiger partial charge in [-0.3, -0.25) is 0 Å². The molecule has 1 unspecified atom stereocenters. The predicted octanol–water partition coefficient (Wildman–Crippen LogP) is 2.87. The van der Waals surface area contributed by atoms with Crippen molar-refractivity contribution in [2.24, 2.45) is 5.92 Å². The first-order valence-corrected chi connectivity index (χ1v) is 7.42. The Kier molecular flexibility index (Phi) is 5.80. The van der Waals surface area contributed by atoms with E-state index in [0.717, 1.165) is 12.0 Å². The Morgan fingerprint density at radius 1 is 1.35 bits per heavy atom. The highest BCUT2D eigenvalue weighted by molar-refractivity contribution is 5.29. The highest BCUT2D eigenvalue weighted by Gasteiger charge is 2.19. The van der Waals surface area contributed by atoms with E-state index in [4.69, 9.17) is 4.74 Å². The van der Waals surface area contributed by atoms with Crippen LogP contribution in [0.4, 0.5) is 4.39 Å². The molecule has 2 rings (SSSR count). The van der Waals surface area contributed by atoms with Crippen LogP contribution in [0.5, 0.6) is 5.75 Å². The van der Waals surface area contributed by atoms with Crippen molar-refractivity contribution in [3.63, 3.8) is 0 Å². The fourth-order valence-corrected chi connectivity index (χ4v) is 2.90. The molecule has 2 N–H and O–H groups in total. The predicted molar refractivity (Wildman–Crippen MR) is 77.2 cm³/mol. The van der Waals surface area contributed by atoms with E-state index in [2.05, 4.69) is 5.32 Å². The second-order valence-electron chi connectivity index (χ2n) is 5.68. The number of ether oxygens (including phenoxy) is 1. The molecule has 0 aromatic heterocycles. The van der Waals surface area contributed by atoms with E-state index >= 15 is 0 Å². The molecule has 0 bridgehead atoms. The minimum absolute atomic E-state index is 0.235. The van der Waals surface area contributed by atoms with Gasteiger partial charge in [-0.1, -0.05) is 25.7 Å². The normalized spacial score (nSPS) is 17.4. The molecular weight excluding hydrogens is 257 g/mol. The van der Waals surface area contributed by atoms with Crippen LogP contribution in [-0.2, 0) is 6.54 Å². The molecule has 1 aromatic carbocycles. The molecule has 0 radical (unpaired) electrons. The van der Waals surface area contributed by atoms with Gasteiger partial charge in [0, 0.05) is 12.6 Å².